The van der Waals surface area contributed by atoms with E-state index in [0.29, 0.717) is 5.69 Å². The van der Waals surface area contributed by atoms with E-state index in [0.717, 1.165) is 10.5 Å². The summed E-state index contributed by atoms with van der Waals surface area (Å²) in [7, 11) is 0. The van der Waals surface area contributed by atoms with Gasteiger partial charge in [-0.3, -0.25) is 14.5 Å². The summed E-state index contributed by atoms with van der Waals surface area (Å²) in [6.07, 6.45) is -0.827. The number of hydrogen-bond donors (Lipinski definition) is 1. The first kappa shape index (κ1) is 19.3. The standard InChI is InChI=1S/C19H20N4O5/c1-11(2)13-6-4-5-7-14(13)20-17(24)10-22-18-15(28-12(3)19(22)25)8-9-16(21-18)23(26)27/h4-9,11-12H,10H2,1-3H3,(H,20,24). The Hall–Kier alpha value is -3.49. The lowest BCUT2D eigenvalue weighted by atomic mass is 10.0. The van der Waals surface area contributed by atoms with E-state index in [-0.39, 0.29) is 24.0 Å². The lowest BCUT2D eigenvalue weighted by Crippen LogP contribution is -2.48. The Bertz CT molecular complexity index is 944. The lowest BCUT2D eigenvalue weighted by Gasteiger charge is -2.29. The van der Waals surface area contributed by atoms with Crippen LogP contribution < -0.4 is 15.0 Å². The normalized spacial score (nSPS) is 15.8. The summed E-state index contributed by atoms with van der Waals surface area (Å²) in [5.74, 6) is -0.980. The van der Waals surface area contributed by atoms with Gasteiger partial charge in [0.1, 0.15) is 6.54 Å². The number of nitrogens with one attached hydrogen (secondary N) is 1. The average molecular weight is 384 g/mol. The predicted molar refractivity (Wildman–Crippen MR) is 102 cm³/mol. The first-order chi connectivity index (χ1) is 13.3. The number of fused-ring (bicyclic) bond motifs is 1. The van der Waals surface area contributed by atoms with Gasteiger partial charge in [-0.25, -0.2) is 0 Å². The molecule has 0 aliphatic carbocycles. The van der Waals surface area contributed by atoms with Crippen molar-refractivity contribution in [2.24, 2.45) is 0 Å². The molecule has 28 heavy (non-hydrogen) atoms. The number of hydrogen-bond acceptors (Lipinski definition) is 6. The highest BCUT2D eigenvalue weighted by atomic mass is 16.6. The molecule has 1 N–H and O–H groups in total. The third-order valence-electron chi connectivity index (χ3n) is 4.34. The number of nitrogens with zero attached hydrogens (tertiary/aromatic N) is 3. The first-order valence-electron chi connectivity index (χ1n) is 8.80. The fourth-order valence-electron chi connectivity index (χ4n) is 2.98. The van der Waals surface area contributed by atoms with E-state index in [1.807, 2.05) is 32.0 Å². The third-order valence-corrected chi connectivity index (χ3v) is 4.34. The molecule has 0 fully saturated rings. The fraction of sp³-hybridized carbons (Fsp3) is 0.316. The highest BCUT2D eigenvalue weighted by Crippen LogP contribution is 2.34. The molecule has 0 saturated carbocycles. The number of benzene rings is 1. The number of rotatable bonds is 5. The number of ether oxygens (including phenoxy) is 1. The molecule has 0 saturated heterocycles. The van der Waals surface area contributed by atoms with Crippen LogP contribution in [0.3, 0.4) is 0 Å². The molecule has 3 rings (SSSR count). The van der Waals surface area contributed by atoms with Crippen LogP contribution in [0.25, 0.3) is 0 Å². The van der Waals surface area contributed by atoms with Gasteiger partial charge >= 0.3 is 5.82 Å². The van der Waals surface area contributed by atoms with Gasteiger partial charge in [-0.2, -0.15) is 0 Å². The number of amides is 2. The number of aromatic nitrogens is 1. The molecular weight excluding hydrogens is 364 g/mol. The van der Waals surface area contributed by atoms with Gasteiger partial charge in [-0.05, 0) is 40.4 Å². The molecule has 9 nitrogen and oxygen atoms in total. The number of carbonyl (C=O) groups is 2. The van der Waals surface area contributed by atoms with Crippen LogP contribution in [0.15, 0.2) is 36.4 Å². The van der Waals surface area contributed by atoms with Crippen molar-refractivity contribution in [2.75, 3.05) is 16.8 Å². The molecule has 0 bridgehead atoms. The highest BCUT2D eigenvalue weighted by molar-refractivity contribution is 6.05. The minimum atomic E-state index is -0.827. The Kier molecular flexibility index (Phi) is 5.25. The van der Waals surface area contributed by atoms with Crippen LogP contribution in [-0.4, -0.2) is 34.4 Å². The minimum absolute atomic E-state index is 0.0374. The predicted octanol–water partition coefficient (Wildman–Crippen LogP) is 2.87. The van der Waals surface area contributed by atoms with Crippen LogP contribution in [0.1, 0.15) is 32.3 Å². The zero-order valence-corrected chi connectivity index (χ0v) is 15.7. The summed E-state index contributed by atoms with van der Waals surface area (Å²) in [6, 6.07) is 9.97. The SMILES string of the molecule is CC1Oc2ccc([N+](=O)[O-])nc2N(CC(=O)Nc2ccccc2C(C)C)C1=O. The number of nitro groups is 1. The quantitative estimate of drug-likeness (QED) is 0.626. The molecule has 2 heterocycles. The van der Waals surface area contributed by atoms with E-state index in [4.69, 9.17) is 4.74 Å². The van der Waals surface area contributed by atoms with Gasteiger partial charge in [0.15, 0.2) is 11.9 Å². The Labute approximate surface area is 161 Å². The second-order valence-corrected chi connectivity index (χ2v) is 6.72. The summed E-state index contributed by atoms with van der Waals surface area (Å²) in [5.41, 5.74) is 1.62. The van der Waals surface area contributed by atoms with Gasteiger partial charge in [-0.15, -0.1) is 0 Å². The molecule has 0 spiro atoms. The molecular formula is C19H20N4O5. The smallest absolute Gasteiger partial charge is 0.366 e. The summed E-state index contributed by atoms with van der Waals surface area (Å²) in [5, 5.41) is 13.8. The van der Waals surface area contributed by atoms with E-state index in [2.05, 4.69) is 10.3 Å². The van der Waals surface area contributed by atoms with Gasteiger partial charge < -0.3 is 20.2 Å². The Morgan fingerprint density at radius 1 is 1.32 bits per heavy atom. The van der Waals surface area contributed by atoms with Crippen LogP contribution >= 0.6 is 0 Å². The Morgan fingerprint density at radius 3 is 2.71 bits per heavy atom. The van der Waals surface area contributed by atoms with E-state index < -0.39 is 28.7 Å². The van der Waals surface area contributed by atoms with Crippen molar-refractivity contribution in [3.63, 3.8) is 0 Å². The number of carbonyl (C=O) groups excluding carboxylic acids is 2. The summed E-state index contributed by atoms with van der Waals surface area (Å²) in [6.45, 7) is 5.24. The van der Waals surface area contributed by atoms with Crippen molar-refractivity contribution in [3.8, 4) is 5.75 Å². The second-order valence-electron chi connectivity index (χ2n) is 6.72. The molecule has 146 valence electrons. The van der Waals surface area contributed by atoms with Crippen molar-refractivity contribution in [3.05, 3.63) is 52.1 Å². The first-order valence-corrected chi connectivity index (χ1v) is 8.80. The molecule has 2 amide bonds. The van der Waals surface area contributed by atoms with Crippen molar-refractivity contribution >= 4 is 29.1 Å². The van der Waals surface area contributed by atoms with Crippen molar-refractivity contribution in [1.29, 1.82) is 0 Å². The van der Waals surface area contributed by atoms with Crippen LogP contribution in [-0.2, 0) is 9.59 Å². The van der Waals surface area contributed by atoms with Gasteiger partial charge in [0.05, 0.1) is 0 Å². The second kappa shape index (κ2) is 7.63. The van der Waals surface area contributed by atoms with Crippen LogP contribution in [0.4, 0.5) is 17.3 Å². The maximum Gasteiger partial charge on any atom is 0.366 e. The zero-order valence-electron chi connectivity index (χ0n) is 15.7. The van der Waals surface area contributed by atoms with E-state index in [9.17, 15) is 19.7 Å². The van der Waals surface area contributed by atoms with Crippen molar-refractivity contribution in [2.45, 2.75) is 32.8 Å². The summed E-state index contributed by atoms with van der Waals surface area (Å²) in [4.78, 5) is 40.5. The molecule has 2 aromatic rings. The van der Waals surface area contributed by atoms with Crippen molar-refractivity contribution < 1.29 is 19.2 Å². The monoisotopic (exact) mass is 384 g/mol. The topological polar surface area (TPSA) is 115 Å². The molecule has 9 heteroatoms. The number of pyridine rings is 1. The third kappa shape index (κ3) is 3.78. The summed E-state index contributed by atoms with van der Waals surface area (Å²) >= 11 is 0. The minimum Gasteiger partial charge on any atom is -0.475 e. The van der Waals surface area contributed by atoms with Crippen molar-refractivity contribution in [1.82, 2.24) is 4.98 Å². The maximum absolute atomic E-state index is 12.6. The average Bonchev–Trinajstić information content (AvgIpc) is 2.65. The van der Waals surface area contributed by atoms with Crippen LogP contribution in [0.5, 0.6) is 5.75 Å². The molecule has 1 aliphatic heterocycles. The zero-order chi connectivity index (χ0) is 20.4. The molecule has 1 aliphatic rings. The molecule has 1 aromatic heterocycles. The van der Waals surface area contributed by atoms with Gasteiger partial charge in [-0.1, -0.05) is 32.0 Å². The van der Waals surface area contributed by atoms with E-state index in [1.54, 1.807) is 13.0 Å². The van der Waals surface area contributed by atoms with E-state index in [1.165, 1.54) is 12.1 Å². The molecule has 1 atom stereocenters. The van der Waals surface area contributed by atoms with Crippen LogP contribution in [0, 0.1) is 10.1 Å². The largest absolute Gasteiger partial charge is 0.475 e. The number of para-hydroxylation sites is 1. The lowest BCUT2D eigenvalue weighted by molar-refractivity contribution is -0.389. The Morgan fingerprint density at radius 2 is 2.04 bits per heavy atom. The van der Waals surface area contributed by atoms with Gasteiger partial charge in [0.2, 0.25) is 5.91 Å². The molecule has 1 aromatic carbocycles. The molecule has 0 radical (unpaired) electrons. The van der Waals surface area contributed by atoms with E-state index >= 15 is 0 Å². The van der Waals surface area contributed by atoms with Gasteiger partial charge in [0, 0.05) is 11.8 Å². The fourth-order valence-corrected chi connectivity index (χ4v) is 2.98. The summed E-state index contributed by atoms with van der Waals surface area (Å²) < 4.78 is 5.45. The van der Waals surface area contributed by atoms with Gasteiger partial charge in [0.25, 0.3) is 11.7 Å². The maximum atomic E-state index is 12.6. The molecule has 1 unspecified atom stereocenters. The highest BCUT2D eigenvalue weighted by Gasteiger charge is 2.37. The number of anilines is 2. The van der Waals surface area contributed by atoms with Crippen LogP contribution in [0.2, 0.25) is 0 Å². The Balaban J connectivity index is 1.87.